The van der Waals surface area contributed by atoms with Gasteiger partial charge in [-0.05, 0) is 98.6 Å². The topological polar surface area (TPSA) is 57.4 Å². The van der Waals surface area contributed by atoms with Crippen molar-refractivity contribution in [3.8, 4) is 79.1 Å². The van der Waals surface area contributed by atoms with E-state index in [2.05, 4.69) is 197 Å². The van der Waals surface area contributed by atoms with Gasteiger partial charge >= 0.3 is 0 Å². The van der Waals surface area contributed by atoms with Crippen LogP contribution in [0.4, 0.5) is 0 Å². The van der Waals surface area contributed by atoms with E-state index in [0.717, 1.165) is 111 Å². The van der Waals surface area contributed by atoms with Crippen molar-refractivity contribution in [2.24, 2.45) is 0 Å². The van der Waals surface area contributed by atoms with E-state index in [1.165, 1.54) is 0 Å². The molecule has 0 saturated heterocycles. The lowest BCUT2D eigenvalue weighted by molar-refractivity contribution is 1.13. The monoisotopic (exact) mass is 838 g/mol. The maximum absolute atomic E-state index is 11.1. The Balaban J connectivity index is 1.26. The summed E-state index contributed by atoms with van der Waals surface area (Å²) in [6.07, 6.45) is 0. The van der Waals surface area contributed by atoms with Crippen LogP contribution in [0.2, 0.25) is 0 Å². The summed E-state index contributed by atoms with van der Waals surface area (Å²) in [6.45, 7) is 0. The molecule has 4 nitrogen and oxygen atoms in total. The smallest absolute Gasteiger partial charge is 0.0993 e. The lowest BCUT2D eigenvalue weighted by Gasteiger charge is -2.21. The van der Waals surface area contributed by atoms with Crippen LogP contribution in [0.15, 0.2) is 231 Å². The summed E-state index contributed by atoms with van der Waals surface area (Å²) in [4.78, 5) is 0. The molecule has 0 radical (unpaired) electrons. The van der Waals surface area contributed by atoms with E-state index in [4.69, 9.17) is 0 Å². The van der Waals surface area contributed by atoms with Crippen molar-refractivity contribution < 1.29 is 0 Å². The van der Waals surface area contributed by atoms with E-state index >= 15 is 0 Å². The Bertz CT molecular complexity index is 3510. The normalized spacial score (nSPS) is 11.3. The Morgan fingerprint density at radius 2 is 0.576 bits per heavy atom. The van der Waals surface area contributed by atoms with Gasteiger partial charge in [-0.25, -0.2) is 0 Å². The maximum atomic E-state index is 11.1. The highest BCUT2D eigenvalue weighted by Gasteiger charge is 2.25. The molecule has 66 heavy (non-hydrogen) atoms. The highest BCUT2D eigenvalue weighted by atomic mass is 15.0. The van der Waals surface area contributed by atoms with Crippen LogP contribution >= 0.6 is 0 Å². The Kier molecular flexibility index (Phi) is 9.23. The molecule has 2 heterocycles. The first-order valence-electron chi connectivity index (χ1n) is 22.1. The van der Waals surface area contributed by atoms with E-state index < -0.39 is 0 Å². The van der Waals surface area contributed by atoms with E-state index in [1.54, 1.807) is 0 Å². The molecule has 0 saturated carbocycles. The number of fused-ring (bicyclic) bond motifs is 6. The zero-order valence-electron chi connectivity index (χ0n) is 35.7. The molecule has 0 fully saturated rings. The van der Waals surface area contributed by atoms with Crippen LogP contribution in [-0.4, -0.2) is 9.13 Å². The second-order valence-electron chi connectivity index (χ2n) is 16.8. The Hall–Kier alpha value is -9.22. The third-order valence-electron chi connectivity index (χ3n) is 13.0. The molecule has 0 amide bonds. The predicted octanol–water partition coefficient (Wildman–Crippen LogP) is 16.0. The number of aromatic nitrogens is 2. The van der Waals surface area contributed by atoms with E-state index in [9.17, 15) is 10.5 Å². The number of hydrogen-bond acceptors (Lipinski definition) is 2. The van der Waals surface area contributed by atoms with Crippen LogP contribution in [0, 0.1) is 22.7 Å². The predicted molar refractivity (Wildman–Crippen MR) is 272 cm³/mol. The lowest BCUT2D eigenvalue weighted by atomic mass is 9.96. The fourth-order valence-electron chi connectivity index (χ4n) is 9.87. The Morgan fingerprint density at radius 1 is 0.258 bits per heavy atom. The van der Waals surface area contributed by atoms with Gasteiger partial charge in [0.25, 0.3) is 0 Å². The summed E-state index contributed by atoms with van der Waals surface area (Å²) < 4.78 is 4.70. The molecule has 306 valence electrons. The summed E-state index contributed by atoms with van der Waals surface area (Å²) in [5.41, 5.74) is 17.3. The molecule has 0 aliphatic rings. The van der Waals surface area contributed by atoms with Gasteiger partial charge in [0.2, 0.25) is 0 Å². The number of nitrogens with zero attached hydrogens (tertiary/aromatic N) is 4. The van der Waals surface area contributed by atoms with Crippen LogP contribution in [-0.2, 0) is 0 Å². The molecule has 10 aromatic carbocycles. The first-order chi connectivity index (χ1) is 32.6. The van der Waals surface area contributed by atoms with Crippen LogP contribution in [0.1, 0.15) is 11.1 Å². The molecule has 0 unspecified atom stereocenters. The molecule has 0 aliphatic heterocycles. The standard InChI is InChI=1S/C62H38N4/c63-39-41-14-13-23-51(32-41)62-60(65-56-35-47(43-15-5-1-6-16-43)24-28-52(56)53-29-25-48(36-57(53)65)44-17-7-2-8-18-44)33-42(40-64)34-61(62)66-58-37-49(45-19-9-3-10-20-45)26-30-54(58)55-31-27-50(38-59(55)66)46-21-11-4-12-22-46/h1-38H. The summed E-state index contributed by atoms with van der Waals surface area (Å²) in [6, 6.07) is 85.7. The van der Waals surface area contributed by atoms with E-state index in [1.807, 2.05) is 54.6 Å². The average molecular weight is 839 g/mol. The Labute approximate surface area is 382 Å². The van der Waals surface area contributed by atoms with Gasteiger partial charge in [-0.15, -0.1) is 0 Å². The third kappa shape index (κ3) is 6.45. The first-order valence-corrected chi connectivity index (χ1v) is 22.1. The molecule has 0 bridgehead atoms. The van der Waals surface area contributed by atoms with Crippen molar-refractivity contribution in [1.82, 2.24) is 9.13 Å². The minimum absolute atomic E-state index is 0.516. The second-order valence-corrected chi connectivity index (χ2v) is 16.8. The summed E-state index contributed by atoms with van der Waals surface area (Å²) >= 11 is 0. The quantitative estimate of drug-likeness (QED) is 0.161. The van der Waals surface area contributed by atoms with Crippen molar-refractivity contribution in [1.29, 1.82) is 10.5 Å². The van der Waals surface area contributed by atoms with Gasteiger partial charge in [0.1, 0.15) is 0 Å². The molecule has 0 atom stereocenters. The van der Waals surface area contributed by atoms with Crippen molar-refractivity contribution in [3.05, 3.63) is 242 Å². The SMILES string of the molecule is N#Cc1cccc(-c2c(-n3c4cc(-c5ccccc5)ccc4c4ccc(-c5ccccc5)cc43)cc(C#N)cc2-n2c3cc(-c4ccccc4)ccc3c3ccc(-c4ccccc4)cc32)c1. The Morgan fingerprint density at radius 3 is 0.894 bits per heavy atom. The molecule has 12 aromatic rings. The second kappa shape index (κ2) is 15.8. The number of rotatable bonds is 7. The van der Waals surface area contributed by atoms with E-state index in [-0.39, 0.29) is 0 Å². The van der Waals surface area contributed by atoms with Crippen molar-refractivity contribution in [2.75, 3.05) is 0 Å². The molecule has 4 heteroatoms. The summed E-state index contributed by atoms with van der Waals surface area (Å²) in [5.74, 6) is 0. The van der Waals surface area contributed by atoms with Crippen LogP contribution in [0.3, 0.4) is 0 Å². The lowest BCUT2D eigenvalue weighted by Crippen LogP contribution is -2.05. The number of nitriles is 2. The fraction of sp³-hybridized carbons (Fsp3) is 0. The summed E-state index contributed by atoms with van der Waals surface area (Å²) in [5, 5.41) is 25.9. The molecule has 12 rings (SSSR count). The molecule has 0 aliphatic carbocycles. The molecule has 2 aromatic heterocycles. The van der Waals surface area contributed by atoms with Crippen molar-refractivity contribution >= 4 is 43.6 Å². The van der Waals surface area contributed by atoms with Crippen molar-refractivity contribution in [3.63, 3.8) is 0 Å². The molecule has 0 spiro atoms. The van der Waals surface area contributed by atoms with Gasteiger partial charge in [-0.1, -0.05) is 182 Å². The van der Waals surface area contributed by atoms with Gasteiger partial charge in [0.05, 0.1) is 56.7 Å². The fourth-order valence-corrected chi connectivity index (χ4v) is 9.87. The minimum atomic E-state index is 0.516. The maximum Gasteiger partial charge on any atom is 0.0993 e. The van der Waals surface area contributed by atoms with Crippen molar-refractivity contribution in [2.45, 2.75) is 0 Å². The zero-order valence-corrected chi connectivity index (χ0v) is 35.7. The zero-order chi connectivity index (χ0) is 44.1. The third-order valence-corrected chi connectivity index (χ3v) is 13.0. The van der Waals surface area contributed by atoms with Crippen LogP contribution in [0.5, 0.6) is 0 Å². The van der Waals surface area contributed by atoms with Crippen LogP contribution < -0.4 is 0 Å². The van der Waals surface area contributed by atoms with Gasteiger partial charge in [-0.2, -0.15) is 10.5 Å². The van der Waals surface area contributed by atoms with Crippen LogP contribution in [0.25, 0.3) is 111 Å². The van der Waals surface area contributed by atoms with Gasteiger partial charge in [-0.3, -0.25) is 0 Å². The average Bonchev–Trinajstić information content (AvgIpc) is 3.90. The minimum Gasteiger partial charge on any atom is -0.308 e. The summed E-state index contributed by atoms with van der Waals surface area (Å²) in [7, 11) is 0. The highest BCUT2D eigenvalue weighted by Crippen LogP contribution is 2.45. The van der Waals surface area contributed by atoms with Gasteiger partial charge in [0.15, 0.2) is 0 Å². The largest absolute Gasteiger partial charge is 0.308 e. The molecule has 0 N–H and O–H groups in total. The first kappa shape index (κ1) is 38.5. The van der Waals surface area contributed by atoms with E-state index in [0.29, 0.717) is 11.1 Å². The van der Waals surface area contributed by atoms with Gasteiger partial charge < -0.3 is 9.13 Å². The molecular formula is C62H38N4. The number of hydrogen-bond donors (Lipinski definition) is 0. The van der Waals surface area contributed by atoms with Gasteiger partial charge in [0, 0.05) is 27.1 Å². The highest BCUT2D eigenvalue weighted by molar-refractivity contribution is 6.14. The number of benzene rings is 10. The molecular weight excluding hydrogens is 801 g/mol.